The fraction of sp³-hybridized carbons (Fsp3) is 0.300. The zero-order valence-corrected chi connectivity index (χ0v) is 22.5. The van der Waals surface area contributed by atoms with Crippen molar-refractivity contribution in [1.82, 2.24) is 19.7 Å². The smallest absolute Gasteiger partial charge is 0.290 e. The second-order valence-electron chi connectivity index (χ2n) is 10.1. The first-order chi connectivity index (χ1) is 19.5. The van der Waals surface area contributed by atoms with Gasteiger partial charge >= 0.3 is 0 Å². The minimum Gasteiger partial charge on any atom is -0.392 e. The highest BCUT2D eigenvalue weighted by Gasteiger charge is 2.26. The maximum atomic E-state index is 13.0. The van der Waals surface area contributed by atoms with Gasteiger partial charge in [-0.15, -0.1) is 0 Å². The number of nitrogens with one attached hydrogen (secondary N) is 1. The quantitative estimate of drug-likeness (QED) is 0.349. The summed E-state index contributed by atoms with van der Waals surface area (Å²) in [7, 11) is 3.35. The van der Waals surface area contributed by atoms with Gasteiger partial charge in [-0.05, 0) is 39.9 Å². The number of benzene rings is 2. The molecule has 6 rings (SSSR count). The highest BCUT2D eigenvalue weighted by molar-refractivity contribution is 5.70. The largest absolute Gasteiger partial charge is 0.392 e. The van der Waals surface area contributed by atoms with Crippen LogP contribution in [-0.2, 0) is 31.5 Å². The average molecular weight is 538 g/mol. The molecule has 1 saturated heterocycles. The topological polar surface area (TPSA) is 117 Å². The molecule has 0 aliphatic carbocycles. The highest BCUT2D eigenvalue weighted by atomic mass is 16.5. The number of hydrogen-bond acceptors (Lipinski definition) is 9. The van der Waals surface area contributed by atoms with Crippen molar-refractivity contribution >= 4 is 11.5 Å². The number of rotatable bonds is 8. The number of fused-ring (bicyclic) bond motifs is 1. The Kier molecular flexibility index (Phi) is 7.21. The Hall–Kier alpha value is -4.25. The molecule has 1 atom stereocenters. The minimum atomic E-state index is -0.323. The van der Waals surface area contributed by atoms with Crippen LogP contribution in [0.4, 0.5) is 11.5 Å². The van der Waals surface area contributed by atoms with Crippen molar-refractivity contribution in [3.05, 3.63) is 105 Å². The lowest BCUT2D eigenvalue weighted by molar-refractivity contribution is -0.0334. The molecule has 0 radical (unpaired) electrons. The standard InChI is InChI=1S/C30H31N7O3/c1-36-30(39)27(33-28-11-10-19(13-31-28)15-37-16-21(17-37)40-2)12-26(35-36)23-8-5-9-24(25(23)18-38)29-22-7-4-3-6-20(22)14-32-34-29/h3-13,21,29,38H,14-18H2,1-2H3,(H,31,33). The van der Waals surface area contributed by atoms with E-state index in [1.54, 1.807) is 20.2 Å². The van der Waals surface area contributed by atoms with Crippen molar-refractivity contribution in [1.29, 1.82) is 0 Å². The predicted octanol–water partition coefficient (Wildman–Crippen LogP) is 3.96. The Morgan fingerprint density at radius 2 is 1.90 bits per heavy atom. The second kappa shape index (κ2) is 11.1. The molecule has 2 aliphatic heterocycles. The Balaban J connectivity index is 1.29. The molecule has 204 valence electrons. The van der Waals surface area contributed by atoms with Crippen LogP contribution in [0.3, 0.4) is 0 Å². The fourth-order valence-corrected chi connectivity index (χ4v) is 5.33. The normalized spacial score (nSPS) is 16.9. The lowest BCUT2D eigenvalue weighted by Gasteiger charge is -2.38. The number of aliphatic hydroxyl groups is 1. The molecule has 0 bridgehead atoms. The summed E-state index contributed by atoms with van der Waals surface area (Å²) in [6.45, 7) is 2.97. The lowest BCUT2D eigenvalue weighted by atomic mass is 9.88. The molecule has 1 fully saturated rings. The van der Waals surface area contributed by atoms with E-state index in [0.29, 0.717) is 35.4 Å². The molecule has 1 unspecified atom stereocenters. The van der Waals surface area contributed by atoms with E-state index >= 15 is 0 Å². The molecule has 0 saturated carbocycles. The summed E-state index contributed by atoms with van der Waals surface area (Å²) in [6.07, 6.45) is 2.12. The van der Waals surface area contributed by atoms with Crippen LogP contribution in [-0.4, -0.2) is 51.1 Å². The molecule has 2 aliphatic rings. The first kappa shape index (κ1) is 26.0. The first-order valence-corrected chi connectivity index (χ1v) is 13.3. The molecular weight excluding hydrogens is 506 g/mol. The van der Waals surface area contributed by atoms with Gasteiger partial charge in [0.25, 0.3) is 5.56 Å². The van der Waals surface area contributed by atoms with Crippen LogP contribution < -0.4 is 10.9 Å². The van der Waals surface area contributed by atoms with Crippen LogP contribution in [0, 0.1) is 0 Å². The van der Waals surface area contributed by atoms with Gasteiger partial charge in [0.15, 0.2) is 0 Å². The highest BCUT2D eigenvalue weighted by Crippen LogP contribution is 2.38. The van der Waals surface area contributed by atoms with Crippen LogP contribution in [0.15, 0.2) is 81.9 Å². The number of aliphatic hydroxyl groups excluding tert-OH is 1. The van der Waals surface area contributed by atoms with Crippen molar-refractivity contribution in [2.45, 2.75) is 31.8 Å². The van der Waals surface area contributed by atoms with E-state index < -0.39 is 0 Å². The molecule has 4 heterocycles. The molecule has 2 aromatic heterocycles. The lowest BCUT2D eigenvalue weighted by Crippen LogP contribution is -2.50. The SMILES string of the molecule is COC1CN(Cc2ccc(Nc3cc(-c4cccc(C5N=NCc6ccccc65)c4CO)nn(C)c3=O)nc2)C1. The van der Waals surface area contributed by atoms with Crippen LogP contribution in [0.5, 0.6) is 0 Å². The summed E-state index contributed by atoms with van der Waals surface area (Å²) >= 11 is 0. The maximum absolute atomic E-state index is 13.0. The van der Waals surface area contributed by atoms with Gasteiger partial charge in [-0.3, -0.25) is 9.69 Å². The fourth-order valence-electron chi connectivity index (χ4n) is 5.33. The Labute approximate surface area is 232 Å². The third kappa shape index (κ3) is 5.04. The summed E-state index contributed by atoms with van der Waals surface area (Å²) in [6, 6.07) is 19.1. The minimum absolute atomic E-state index is 0.210. The Morgan fingerprint density at radius 1 is 1.07 bits per heavy atom. The van der Waals surface area contributed by atoms with Crippen molar-refractivity contribution in [2.75, 3.05) is 25.5 Å². The number of azo groups is 1. The van der Waals surface area contributed by atoms with E-state index in [-0.39, 0.29) is 18.2 Å². The molecular formula is C30H31N7O3. The van der Waals surface area contributed by atoms with Crippen molar-refractivity contribution < 1.29 is 9.84 Å². The van der Waals surface area contributed by atoms with Crippen LogP contribution in [0.25, 0.3) is 11.3 Å². The number of anilines is 2. The second-order valence-corrected chi connectivity index (χ2v) is 10.1. The summed E-state index contributed by atoms with van der Waals surface area (Å²) in [4.78, 5) is 19.8. The van der Waals surface area contributed by atoms with Crippen LogP contribution in [0.1, 0.15) is 33.9 Å². The van der Waals surface area contributed by atoms with E-state index in [4.69, 9.17) is 4.74 Å². The molecule has 2 aromatic carbocycles. The Morgan fingerprint density at radius 3 is 2.67 bits per heavy atom. The summed E-state index contributed by atoms with van der Waals surface area (Å²) in [5.41, 5.74) is 6.18. The van der Waals surface area contributed by atoms with Gasteiger partial charge in [0.05, 0.1) is 24.9 Å². The first-order valence-electron chi connectivity index (χ1n) is 13.3. The molecule has 4 aromatic rings. The van der Waals surface area contributed by atoms with Crippen LogP contribution in [0.2, 0.25) is 0 Å². The van der Waals surface area contributed by atoms with Crippen LogP contribution >= 0.6 is 0 Å². The molecule has 2 N–H and O–H groups in total. The molecule has 0 spiro atoms. The number of aromatic nitrogens is 3. The van der Waals surface area contributed by atoms with Gasteiger partial charge in [0.2, 0.25) is 0 Å². The summed E-state index contributed by atoms with van der Waals surface area (Å²) in [5.74, 6) is 0.562. The number of likely N-dealkylation sites (tertiary alicyclic amines) is 1. The van der Waals surface area contributed by atoms with Crippen molar-refractivity contribution in [3.8, 4) is 11.3 Å². The molecule has 40 heavy (non-hydrogen) atoms. The number of methoxy groups -OCH3 is 1. The third-order valence-corrected chi connectivity index (χ3v) is 7.54. The number of aryl methyl sites for hydroxylation is 1. The van der Waals surface area contributed by atoms with Gasteiger partial charge < -0.3 is 15.2 Å². The monoisotopic (exact) mass is 537 g/mol. The molecule has 0 amide bonds. The van der Waals surface area contributed by atoms with Gasteiger partial charge in [-0.2, -0.15) is 15.3 Å². The Bertz CT molecular complexity index is 1610. The zero-order chi connectivity index (χ0) is 27.6. The predicted molar refractivity (Wildman–Crippen MR) is 151 cm³/mol. The van der Waals surface area contributed by atoms with Gasteiger partial charge in [0.1, 0.15) is 17.5 Å². The number of pyridine rings is 1. The van der Waals surface area contributed by atoms with E-state index in [1.165, 1.54) is 4.68 Å². The van der Waals surface area contributed by atoms with Gasteiger partial charge in [0, 0.05) is 45.6 Å². The van der Waals surface area contributed by atoms with Gasteiger partial charge in [-0.1, -0.05) is 48.5 Å². The molecule has 10 heteroatoms. The van der Waals surface area contributed by atoms with E-state index in [2.05, 4.69) is 42.7 Å². The zero-order valence-electron chi connectivity index (χ0n) is 22.5. The van der Waals surface area contributed by atoms with E-state index in [1.807, 2.05) is 48.7 Å². The number of ether oxygens (including phenoxy) is 1. The van der Waals surface area contributed by atoms with Gasteiger partial charge in [-0.25, -0.2) is 9.67 Å². The van der Waals surface area contributed by atoms with Crippen molar-refractivity contribution in [2.24, 2.45) is 17.3 Å². The average Bonchev–Trinajstić information content (AvgIpc) is 2.97. The number of nitrogens with zero attached hydrogens (tertiary/aromatic N) is 6. The maximum Gasteiger partial charge on any atom is 0.290 e. The van der Waals surface area contributed by atoms with E-state index in [0.717, 1.165) is 47.5 Å². The summed E-state index contributed by atoms with van der Waals surface area (Å²) in [5, 5.41) is 27.1. The molecule has 10 nitrogen and oxygen atoms in total. The summed E-state index contributed by atoms with van der Waals surface area (Å²) < 4.78 is 6.64. The van der Waals surface area contributed by atoms with Crippen molar-refractivity contribution in [3.63, 3.8) is 0 Å². The van der Waals surface area contributed by atoms with E-state index in [9.17, 15) is 9.90 Å². The number of hydrogen-bond donors (Lipinski definition) is 2. The third-order valence-electron chi connectivity index (χ3n) is 7.54.